The molecular formula is C19H38S2. The minimum absolute atomic E-state index is 0.652. The summed E-state index contributed by atoms with van der Waals surface area (Å²) >= 11 is 7.25. The Morgan fingerprint density at radius 3 is 1.48 bits per heavy atom. The summed E-state index contributed by atoms with van der Waals surface area (Å²) in [6.07, 6.45) is 19.6. The lowest BCUT2D eigenvalue weighted by Crippen LogP contribution is -1.95. The van der Waals surface area contributed by atoms with Crippen LogP contribution in [0.4, 0.5) is 0 Å². The van der Waals surface area contributed by atoms with Gasteiger partial charge in [-0.2, -0.15) is 0 Å². The van der Waals surface area contributed by atoms with Gasteiger partial charge in [0.1, 0.15) is 0 Å². The quantitative estimate of drug-likeness (QED) is 0.221. The van der Waals surface area contributed by atoms with Crippen molar-refractivity contribution in [3.8, 4) is 0 Å². The molecule has 0 amide bonds. The number of thiocarbonyl (C=S) groups is 1. The van der Waals surface area contributed by atoms with E-state index < -0.39 is 0 Å². The molecule has 0 aliphatic carbocycles. The number of thioether (sulfide) groups is 1. The van der Waals surface area contributed by atoms with Gasteiger partial charge in [-0.25, -0.2) is 0 Å². The molecule has 0 saturated carbocycles. The summed E-state index contributed by atoms with van der Waals surface area (Å²) in [6.45, 7) is 6.73. The second kappa shape index (κ2) is 16.8. The molecule has 126 valence electrons. The van der Waals surface area contributed by atoms with Crippen molar-refractivity contribution < 1.29 is 0 Å². The fourth-order valence-corrected chi connectivity index (χ4v) is 4.12. The predicted molar refractivity (Wildman–Crippen MR) is 106 cm³/mol. The van der Waals surface area contributed by atoms with Crippen molar-refractivity contribution >= 4 is 28.2 Å². The summed E-state index contributed by atoms with van der Waals surface area (Å²) in [4.78, 5) is 0. The summed E-state index contributed by atoms with van der Waals surface area (Å²) < 4.78 is 1.22. The Morgan fingerprint density at radius 2 is 1.10 bits per heavy atom. The highest BCUT2D eigenvalue weighted by atomic mass is 32.2. The Balaban J connectivity index is 3.07. The van der Waals surface area contributed by atoms with E-state index in [2.05, 4.69) is 20.8 Å². The summed E-state index contributed by atoms with van der Waals surface area (Å²) in [5.74, 6) is 0. The van der Waals surface area contributed by atoms with Gasteiger partial charge >= 0.3 is 0 Å². The molecule has 0 heterocycles. The van der Waals surface area contributed by atoms with E-state index in [0.29, 0.717) is 5.25 Å². The van der Waals surface area contributed by atoms with Gasteiger partial charge in [0.15, 0.2) is 0 Å². The fraction of sp³-hybridized carbons (Fsp3) is 0.947. The van der Waals surface area contributed by atoms with Crippen molar-refractivity contribution in [2.24, 2.45) is 0 Å². The molecule has 0 aromatic rings. The molecule has 0 radical (unpaired) electrons. The van der Waals surface area contributed by atoms with Crippen LogP contribution in [0.5, 0.6) is 0 Å². The highest BCUT2D eigenvalue weighted by Crippen LogP contribution is 2.18. The third-order valence-corrected chi connectivity index (χ3v) is 5.28. The van der Waals surface area contributed by atoms with Crippen LogP contribution < -0.4 is 0 Å². The Hall–Kier alpha value is 0.440. The molecule has 0 spiro atoms. The van der Waals surface area contributed by atoms with Crippen LogP contribution in [0.2, 0.25) is 0 Å². The van der Waals surface area contributed by atoms with Crippen LogP contribution in [0.3, 0.4) is 0 Å². The largest absolute Gasteiger partial charge is 0.116 e. The molecule has 0 aromatic heterocycles. The van der Waals surface area contributed by atoms with Gasteiger partial charge in [0.05, 0.1) is 0 Å². The van der Waals surface area contributed by atoms with E-state index in [1.54, 1.807) is 0 Å². The van der Waals surface area contributed by atoms with Crippen LogP contribution in [-0.2, 0) is 0 Å². The van der Waals surface area contributed by atoms with Crippen molar-refractivity contribution in [3.63, 3.8) is 0 Å². The number of unbranched alkanes of at least 4 members (excludes halogenated alkanes) is 12. The minimum Gasteiger partial charge on any atom is -0.116 e. The van der Waals surface area contributed by atoms with Gasteiger partial charge < -0.3 is 0 Å². The first-order chi connectivity index (χ1) is 10.2. The van der Waals surface area contributed by atoms with Crippen molar-refractivity contribution in [2.45, 2.75) is 116 Å². The van der Waals surface area contributed by atoms with Gasteiger partial charge in [-0.1, -0.05) is 110 Å². The van der Waals surface area contributed by atoms with Crippen LogP contribution in [0.25, 0.3) is 0 Å². The topological polar surface area (TPSA) is 0 Å². The molecule has 0 aromatic carbocycles. The zero-order chi connectivity index (χ0) is 15.8. The van der Waals surface area contributed by atoms with Crippen LogP contribution in [0, 0.1) is 0 Å². The molecule has 0 bridgehead atoms. The van der Waals surface area contributed by atoms with Gasteiger partial charge in [0, 0.05) is 9.45 Å². The maximum absolute atomic E-state index is 5.38. The van der Waals surface area contributed by atoms with Crippen molar-refractivity contribution in [1.29, 1.82) is 0 Å². The lowest BCUT2D eigenvalue weighted by atomic mass is 10.0. The predicted octanol–water partition coefficient (Wildman–Crippen LogP) is 7.94. The molecule has 0 atom stereocenters. The van der Waals surface area contributed by atoms with Crippen LogP contribution >= 0.6 is 24.0 Å². The van der Waals surface area contributed by atoms with Gasteiger partial charge in [0.2, 0.25) is 0 Å². The SMILES string of the molecule is CCCCCCCCCCCCCCCC(=S)SC(C)C. The molecule has 0 saturated heterocycles. The van der Waals surface area contributed by atoms with Crippen molar-refractivity contribution in [2.75, 3.05) is 0 Å². The van der Waals surface area contributed by atoms with E-state index >= 15 is 0 Å². The molecule has 0 fully saturated rings. The molecule has 0 unspecified atom stereocenters. The van der Waals surface area contributed by atoms with E-state index in [0.717, 1.165) is 6.42 Å². The molecule has 2 heteroatoms. The average molecular weight is 331 g/mol. The highest BCUT2D eigenvalue weighted by Gasteiger charge is 2.01. The van der Waals surface area contributed by atoms with Crippen LogP contribution in [-0.4, -0.2) is 9.45 Å². The molecule has 0 nitrogen and oxygen atoms in total. The third-order valence-electron chi connectivity index (χ3n) is 3.85. The van der Waals surface area contributed by atoms with Crippen molar-refractivity contribution in [1.82, 2.24) is 0 Å². The first-order valence-corrected chi connectivity index (χ1v) is 10.6. The Bertz CT molecular complexity index is 224. The standard InChI is InChI=1S/C19H38S2/c1-4-5-6-7-8-9-10-11-12-13-14-15-16-17-19(20)21-18(2)3/h18H,4-17H2,1-3H3. The number of hydrogen-bond donors (Lipinski definition) is 0. The van der Waals surface area contributed by atoms with Crippen LogP contribution in [0.15, 0.2) is 0 Å². The van der Waals surface area contributed by atoms with E-state index in [1.807, 2.05) is 11.8 Å². The Morgan fingerprint density at radius 1 is 0.714 bits per heavy atom. The number of rotatable bonds is 15. The lowest BCUT2D eigenvalue weighted by Gasteiger charge is -2.06. The lowest BCUT2D eigenvalue weighted by molar-refractivity contribution is 0.541. The van der Waals surface area contributed by atoms with E-state index in [1.165, 1.54) is 87.7 Å². The van der Waals surface area contributed by atoms with Crippen molar-refractivity contribution in [3.05, 3.63) is 0 Å². The van der Waals surface area contributed by atoms with E-state index in [4.69, 9.17) is 12.2 Å². The van der Waals surface area contributed by atoms with Gasteiger partial charge in [-0.15, -0.1) is 11.8 Å². The Labute approximate surface area is 144 Å². The molecule has 0 aliphatic rings. The monoisotopic (exact) mass is 330 g/mol. The second-order valence-electron chi connectivity index (χ2n) is 6.53. The first-order valence-electron chi connectivity index (χ1n) is 9.36. The molecular weight excluding hydrogens is 292 g/mol. The summed E-state index contributed by atoms with van der Waals surface area (Å²) in [5, 5.41) is 0.652. The summed E-state index contributed by atoms with van der Waals surface area (Å²) in [5.41, 5.74) is 0. The zero-order valence-electron chi connectivity index (χ0n) is 14.8. The fourth-order valence-electron chi connectivity index (χ4n) is 2.61. The normalized spacial score (nSPS) is 11.2. The molecule has 0 aliphatic heterocycles. The highest BCUT2D eigenvalue weighted by molar-refractivity contribution is 8.23. The van der Waals surface area contributed by atoms with E-state index in [-0.39, 0.29) is 0 Å². The zero-order valence-corrected chi connectivity index (χ0v) is 16.4. The smallest absolute Gasteiger partial charge is 0.0480 e. The molecule has 21 heavy (non-hydrogen) atoms. The minimum atomic E-state index is 0.652. The second-order valence-corrected chi connectivity index (χ2v) is 8.95. The molecule has 0 rings (SSSR count). The van der Waals surface area contributed by atoms with Gasteiger partial charge in [0.25, 0.3) is 0 Å². The van der Waals surface area contributed by atoms with Gasteiger partial charge in [-0.05, 0) is 12.8 Å². The van der Waals surface area contributed by atoms with E-state index in [9.17, 15) is 0 Å². The third kappa shape index (κ3) is 18.4. The summed E-state index contributed by atoms with van der Waals surface area (Å²) in [7, 11) is 0. The maximum Gasteiger partial charge on any atom is 0.0480 e. The summed E-state index contributed by atoms with van der Waals surface area (Å²) in [6, 6.07) is 0. The Kier molecular flexibility index (Phi) is 17.2. The van der Waals surface area contributed by atoms with Gasteiger partial charge in [-0.3, -0.25) is 0 Å². The van der Waals surface area contributed by atoms with Crippen LogP contribution in [0.1, 0.15) is 111 Å². The number of hydrogen-bond acceptors (Lipinski definition) is 2. The maximum atomic E-state index is 5.38. The average Bonchev–Trinajstić information content (AvgIpc) is 2.43. The first kappa shape index (κ1) is 21.4. The molecule has 0 N–H and O–H groups in total.